The van der Waals surface area contributed by atoms with Crippen molar-refractivity contribution >= 4 is 5.91 Å². The average Bonchev–Trinajstić information content (AvgIpc) is 2.86. The van der Waals surface area contributed by atoms with E-state index < -0.39 is 5.82 Å². The summed E-state index contributed by atoms with van der Waals surface area (Å²) in [5.41, 5.74) is 0.449. The molecule has 0 aliphatic carbocycles. The molecule has 0 saturated carbocycles. The molecule has 2 saturated heterocycles. The third-order valence-corrected chi connectivity index (χ3v) is 4.09. The van der Waals surface area contributed by atoms with E-state index >= 15 is 0 Å². The first kappa shape index (κ1) is 12.5. The van der Waals surface area contributed by atoms with Crippen LogP contribution in [0.3, 0.4) is 0 Å². The zero-order chi connectivity index (χ0) is 13.3. The molecule has 2 fully saturated rings. The van der Waals surface area contributed by atoms with E-state index in [0.717, 1.165) is 45.2 Å². The lowest BCUT2D eigenvalue weighted by Gasteiger charge is -2.39. The molecule has 19 heavy (non-hydrogen) atoms. The Morgan fingerprint density at radius 3 is 3.05 bits per heavy atom. The SMILES string of the molecule is O=C(c1cncc(F)c1)N1CCCC2(CCOC2)C1. The van der Waals surface area contributed by atoms with Crippen LogP contribution in [-0.2, 0) is 4.74 Å². The Hall–Kier alpha value is -1.49. The molecule has 0 N–H and O–H groups in total. The third kappa shape index (κ3) is 2.47. The molecule has 3 rings (SSSR count). The van der Waals surface area contributed by atoms with Crippen LogP contribution in [-0.4, -0.2) is 42.1 Å². The van der Waals surface area contributed by atoms with Crippen LogP contribution in [0.15, 0.2) is 18.5 Å². The van der Waals surface area contributed by atoms with Gasteiger partial charge < -0.3 is 9.64 Å². The number of ether oxygens (including phenoxy) is 1. The Morgan fingerprint density at radius 1 is 1.42 bits per heavy atom. The highest BCUT2D eigenvalue weighted by Crippen LogP contribution is 2.37. The summed E-state index contributed by atoms with van der Waals surface area (Å²) in [6, 6.07) is 1.25. The molecule has 2 aliphatic rings. The number of rotatable bonds is 1. The number of piperidine rings is 1. The van der Waals surface area contributed by atoms with E-state index in [9.17, 15) is 9.18 Å². The zero-order valence-electron chi connectivity index (χ0n) is 10.8. The van der Waals surface area contributed by atoms with Crippen molar-refractivity contribution in [2.75, 3.05) is 26.3 Å². The van der Waals surface area contributed by atoms with Crippen LogP contribution < -0.4 is 0 Å². The highest BCUT2D eigenvalue weighted by molar-refractivity contribution is 5.94. The van der Waals surface area contributed by atoms with E-state index in [2.05, 4.69) is 4.98 Å². The first-order valence-corrected chi connectivity index (χ1v) is 6.66. The maximum atomic E-state index is 13.1. The standard InChI is InChI=1S/C14H17FN2O2/c15-12-6-11(7-16-8-12)13(18)17-4-1-2-14(9-17)3-5-19-10-14/h6-8H,1-5,9-10H2. The summed E-state index contributed by atoms with van der Waals surface area (Å²) in [6.07, 6.45) is 5.64. The van der Waals surface area contributed by atoms with Gasteiger partial charge in [0, 0.05) is 31.3 Å². The Bertz CT molecular complexity index is 486. The van der Waals surface area contributed by atoms with Crippen LogP contribution in [0.4, 0.5) is 4.39 Å². The maximum absolute atomic E-state index is 13.1. The van der Waals surface area contributed by atoms with Crippen molar-refractivity contribution < 1.29 is 13.9 Å². The summed E-state index contributed by atoms with van der Waals surface area (Å²) in [6.45, 7) is 2.96. The minimum atomic E-state index is -0.471. The fourth-order valence-electron chi connectivity index (χ4n) is 3.06. The monoisotopic (exact) mass is 264 g/mol. The molecule has 1 amide bonds. The van der Waals surface area contributed by atoms with Crippen molar-refractivity contribution in [2.24, 2.45) is 5.41 Å². The lowest BCUT2D eigenvalue weighted by Crippen LogP contribution is -2.46. The second kappa shape index (κ2) is 4.89. The van der Waals surface area contributed by atoms with Gasteiger partial charge in [-0.1, -0.05) is 0 Å². The van der Waals surface area contributed by atoms with Gasteiger partial charge in [0.2, 0.25) is 0 Å². The smallest absolute Gasteiger partial charge is 0.255 e. The van der Waals surface area contributed by atoms with E-state index in [0.29, 0.717) is 12.1 Å². The van der Waals surface area contributed by atoms with Gasteiger partial charge in [-0.25, -0.2) is 4.39 Å². The van der Waals surface area contributed by atoms with Crippen molar-refractivity contribution in [3.05, 3.63) is 29.8 Å². The number of carbonyl (C=O) groups is 1. The summed E-state index contributed by atoms with van der Waals surface area (Å²) < 4.78 is 18.6. The molecular weight excluding hydrogens is 247 g/mol. The Kier molecular flexibility index (Phi) is 3.22. The van der Waals surface area contributed by atoms with Gasteiger partial charge in [0.1, 0.15) is 5.82 Å². The molecule has 1 aromatic rings. The Morgan fingerprint density at radius 2 is 2.32 bits per heavy atom. The number of pyridine rings is 1. The van der Waals surface area contributed by atoms with E-state index in [1.807, 2.05) is 4.90 Å². The number of amides is 1. The zero-order valence-corrected chi connectivity index (χ0v) is 10.8. The summed E-state index contributed by atoms with van der Waals surface area (Å²) >= 11 is 0. The summed E-state index contributed by atoms with van der Waals surface area (Å²) in [7, 11) is 0. The molecule has 3 heterocycles. The van der Waals surface area contributed by atoms with Crippen molar-refractivity contribution in [3.63, 3.8) is 0 Å². The Balaban J connectivity index is 1.76. The van der Waals surface area contributed by atoms with Crippen LogP contribution >= 0.6 is 0 Å². The minimum Gasteiger partial charge on any atom is -0.381 e. The summed E-state index contributed by atoms with van der Waals surface area (Å²) in [5.74, 6) is -0.597. The first-order chi connectivity index (χ1) is 9.19. The highest BCUT2D eigenvalue weighted by atomic mass is 19.1. The second-order valence-electron chi connectivity index (χ2n) is 5.52. The van der Waals surface area contributed by atoms with Crippen molar-refractivity contribution in [2.45, 2.75) is 19.3 Å². The van der Waals surface area contributed by atoms with E-state index in [1.54, 1.807) is 0 Å². The predicted molar refractivity (Wildman–Crippen MR) is 67.2 cm³/mol. The number of hydrogen-bond donors (Lipinski definition) is 0. The predicted octanol–water partition coefficient (Wildman–Crippen LogP) is 1.86. The van der Waals surface area contributed by atoms with Crippen LogP contribution in [0, 0.1) is 11.2 Å². The molecule has 5 heteroatoms. The van der Waals surface area contributed by atoms with Crippen molar-refractivity contribution in [1.29, 1.82) is 0 Å². The van der Waals surface area contributed by atoms with Crippen LogP contribution in [0.1, 0.15) is 29.6 Å². The third-order valence-electron chi connectivity index (χ3n) is 4.09. The molecule has 2 aliphatic heterocycles. The average molecular weight is 264 g/mol. The molecule has 0 radical (unpaired) electrons. The van der Waals surface area contributed by atoms with Crippen LogP contribution in [0.5, 0.6) is 0 Å². The number of hydrogen-bond acceptors (Lipinski definition) is 3. The van der Waals surface area contributed by atoms with Gasteiger partial charge in [0.25, 0.3) is 5.91 Å². The number of halogens is 1. The lowest BCUT2D eigenvalue weighted by molar-refractivity contribution is 0.0462. The molecule has 0 aromatic carbocycles. The molecule has 102 valence electrons. The molecule has 1 aromatic heterocycles. The second-order valence-corrected chi connectivity index (χ2v) is 5.52. The first-order valence-electron chi connectivity index (χ1n) is 6.66. The van der Waals surface area contributed by atoms with E-state index in [1.165, 1.54) is 12.3 Å². The number of nitrogens with zero attached hydrogens (tertiary/aromatic N) is 2. The quantitative estimate of drug-likeness (QED) is 0.777. The largest absolute Gasteiger partial charge is 0.381 e. The van der Waals surface area contributed by atoms with Gasteiger partial charge in [0.05, 0.1) is 18.4 Å². The lowest BCUT2D eigenvalue weighted by atomic mass is 9.79. The molecule has 1 atom stereocenters. The van der Waals surface area contributed by atoms with Gasteiger partial charge in [-0.05, 0) is 25.3 Å². The maximum Gasteiger partial charge on any atom is 0.255 e. The number of carbonyl (C=O) groups excluding carboxylic acids is 1. The van der Waals surface area contributed by atoms with Gasteiger partial charge in [-0.15, -0.1) is 0 Å². The minimum absolute atomic E-state index is 0.120. The van der Waals surface area contributed by atoms with Crippen LogP contribution in [0.25, 0.3) is 0 Å². The Labute approximate surface area is 111 Å². The fraction of sp³-hybridized carbons (Fsp3) is 0.571. The molecule has 0 bridgehead atoms. The van der Waals surface area contributed by atoms with Crippen molar-refractivity contribution in [1.82, 2.24) is 9.88 Å². The van der Waals surface area contributed by atoms with Crippen molar-refractivity contribution in [3.8, 4) is 0 Å². The van der Waals surface area contributed by atoms with E-state index in [-0.39, 0.29) is 11.3 Å². The molecule has 1 spiro atoms. The fourth-order valence-corrected chi connectivity index (χ4v) is 3.06. The molecule has 4 nitrogen and oxygen atoms in total. The van der Waals surface area contributed by atoms with Gasteiger partial charge >= 0.3 is 0 Å². The van der Waals surface area contributed by atoms with Gasteiger partial charge in [-0.3, -0.25) is 9.78 Å². The topological polar surface area (TPSA) is 42.4 Å². The van der Waals surface area contributed by atoms with Gasteiger partial charge in [-0.2, -0.15) is 0 Å². The molecule has 1 unspecified atom stereocenters. The van der Waals surface area contributed by atoms with E-state index in [4.69, 9.17) is 4.74 Å². The highest BCUT2D eigenvalue weighted by Gasteiger charge is 2.40. The number of likely N-dealkylation sites (tertiary alicyclic amines) is 1. The molecular formula is C14H17FN2O2. The van der Waals surface area contributed by atoms with Crippen LogP contribution in [0.2, 0.25) is 0 Å². The summed E-state index contributed by atoms with van der Waals surface area (Å²) in [5, 5.41) is 0. The number of aromatic nitrogens is 1. The summed E-state index contributed by atoms with van der Waals surface area (Å²) in [4.78, 5) is 17.9. The van der Waals surface area contributed by atoms with Gasteiger partial charge in [0.15, 0.2) is 0 Å². The normalized spacial score (nSPS) is 26.9.